The van der Waals surface area contributed by atoms with Crippen LogP contribution in [0.25, 0.3) is 0 Å². The zero-order valence-corrected chi connectivity index (χ0v) is 14.9. The van der Waals surface area contributed by atoms with Crippen LogP contribution < -0.4 is 15.2 Å². The van der Waals surface area contributed by atoms with E-state index in [1.807, 2.05) is 25.1 Å². The Hall–Kier alpha value is -1.76. The van der Waals surface area contributed by atoms with Gasteiger partial charge in [0.1, 0.15) is 5.75 Å². The molecule has 0 unspecified atom stereocenters. The van der Waals surface area contributed by atoms with E-state index in [4.69, 9.17) is 21.5 Å². The third-order valence-corrected chi connectivity index (χ3v) is 5.27. The van der Waals surface area contributed by atoms with Gasteiger partial charge in [-0.15, -0.1) is 0 Å². The van der Waals surface area contributed by atoms with Crippen LogP contribution >= 0.6 is 11.6 Å². The van der Waals surface area contributed by atoms with E-state index in [1.54, 1.807) is 12.1 Å². The lowest BCUT2D eigenvalue weighted by Gasteiger charge is -2.13. The Bertz CT molecular complexity index is 882. The topological polar surface area (TPSA) is 81.4 Å². The number of nitrogens with one attached hydrogen (secondary N) is 1. The standard InChI is InChI=1S/C17H19ClN2O3S/c1-2-11-3-4-15(9-16(11)24(19,21)22)20-10-13-8-14(18)7-12-5-6-23-17(12)13/h3-4,7-9,20H,2,5-6,10H2,1H3,(H2,19,21,22). The molecule has 0 atom stereocenters. The normalized spacial score (nSPS) is 13.5. The van der Waals surface area contributed by atoms with Crippen molar-refractivity contribution in [2.24, 2.45) is 5.14 Å². The number of halogens is 1. The molecule has 3 N–H and O–H groups in total. The average Bonchev–Trinajstić information content (AvgIpc) is 2.99. The summed E-state index contributed by atoms with van der Waals surface area (Å²) in [5.74, 6) is 0.865. The van der Waals surface area contributed by atoms with E-state index in [2.05, 4.69) is 5.32 Å². The molecule has 0 aliphatic carbocycles. The molecular weight excluding hydrogens is 348 g/mol. The highest BCUT2D eigenvalue weighted by Crippen LogP contribution is 2.33. The number of hydrogen-bond donors (Lipinski definition) is 2. The van der Waals surface area contributed by atoms with E-state index >= 15 is 0 Å². The predicted octanol–water partition coefficient (Wildman–Crippen LogP) is 3.10. The fraction of sp³-hybridized carbons (Fsp3) is 0.294. The number of rotatable bonds is 5. The van der Waals surface area contributed by atoms with Crippen molar-refractivity contribution >= 4 is 27.3 Å². The second-order valence-electron chi connectivity index (χ2n) is 5.73. The summed E-state index contributed by atoms with van der Waals surface area (Å²) in [6.07, 6.45) is 1.45. The zero-order chi connectivity index (χ0) is 17.3. The Morgan fingerprint density at radius 2 is 2.04 bits per heavy atom. The van der Waals surface area contributed by atoms with E-state index < -0.39 is 10.0 Å². The monoisotopic (exact) mass is 366 g/mol. The van der Waals surface area contributed by atoms with Crippen LogP contribution in [0.1, 0.15) is 23.6 Å². The SMILES string of the molecule is CCc1ccc(NCc2cc(Cl)cc3c2OCC3)cc1S(N)(=O)=O. The average molecular weight is 367 g/mol. The number of primary sulfonamides is 1. The molecule has 5 nitrogen and oxygen atoms in total. The summed E-state index contributed by atoms with van der Waals surface area (Å²) < 4.78 is 29.2. The number of benzene rings is 2. The van der Waals surface area contributed by atoms with Crippen molar-refractivity contribution in [3.8, 4) is 5.75 Å². The molecule has 0 spiro atoms. The minimum atomic E-state index is -3.75. The van der Waals surface area contributed by atoms with E-state index in [-0.39, 0.29) is 4.90 Å². The molecular formula is C17H19ClN2O3S. The molecule has 1 aliphatic rings. The Labute approximate surface area is 146 Å². The zero-order valence-electron chi connectivity index (χ0n) is 13.3. The summed E-state index contributed by atoms with van der Waals surface area (Å²) in [5, 5.41) is 9.20. The van der Waals surface area contributed by atoms with Gasteiger partial charge in [0.25, 0.3) is 0 Å². The summed E-state index contributed by atoms with van der Waals surface area (Å²) in [6.45, 7) is 3.03. The molecule has 1 heterocycles. The molecule has 7 heteroatoms. The first kappa shape index (κ1) is 17.1. The van der Waals surface area contributed by atoms with Gasteiger partial charge >= 0.3 is 0 Å². The van der Waals surface area contributed by atoms with Gasteiger partial charge in [0.15, 0.2) is 0 Å². The van der Waals surface area contributed by atoms with Gasteiger partial charge < -0.3 is 10.1 Å². The number of ether oxygens (including phenoxy) is 1. The minimum absolute atomic E-state index is 0.155. The highest BCUT2D eigenvalue weighted by Gasteiger charge is 2.18. The van der Waals surface area contributed by atoms with Crippen molar-refractivity contribution in [1.82, 2.24) is 0 Å². The predicted molar refractivity (Wildman–Crippen MR) is 95.2 cm³/mol. The first-order chi connectivity index (χ1) is 11.4. The molecule has 0 aromatic heterocycles. The third kappa shape index (κ3) is 3.50. The number of hydrogen-bond acceptors (Lipinski definition) is 4. The van der Waals surface area contributed by atoms with Crippen LogP contribution in [0.15, 0.2) is 35.2 Å². The van der Waals surface area contributed by atoms with Gasteiger partial charge in [-0.2, -0.15) is 0 Å². The second kappa shape index (κ2) is 6.63. The van der Waals surface area contributed by atoms with Gasteiger partial charge in [0.05, 0.1) is 11.5 Å². The van der Waals surface area contributed by atoms with Crippen molar-refractivity contribution < 1.29 is 13.2 Å². The number of anilines is 1. The van der Waals surface area contributed by atoms with Crippen molar-refractivity contribution in [2.45, 2.75) is 31.2 Å². The summed E-state index contributed by atoms with van der Waals surface area (Å²) in [6, 6.07) is 8.97. The number of fused-ring (bicyclic) bond motifs is 1. The van der Waals surface area contributed by atoms with Crippen LogP contribution in [-0.2, 0) is 29.4 Å². The molecule has 0 fully saturated rings. The molecule has 2 aromatic carbocycles. The summed E-state index contributed by atoms with van der Waals surface area (Å²) in [4.78, 5) is 0.155. The molecule has 1 aliphatic heterocycles. The molecule has 0 amide bonds. The molecule has 0 saturated carbocycles. The maximum absolute atomic E-state index is 11.7. The molecule has 128 valence electrons. The van der Waals surface area contributed by atoms with Crippen LogP contribution in [0.3, 0.4) is 0 Å². The van der Waals surface area contributed by atoms with Gasteiger partial charge in [-0.25, -0.2) is 13.6 Å². The third-order valence-electron chi connectivity index (χ3n) is 4.06. The molecule has 2 aromatic rings. The van der Waals surface area contributed by atoms with Crippen LogP contribution in [0.2, 0.25) is 5.02 Å². The Kier molecular flexibility index (Phi) is 4.71. The molecule has 3 rings (SSSR count). The number of sulfonamides is 1. The van der Waals surface area contributed by atoms with Crippen molar-refractivity contribution in [1.29, 1.82) is 0 Å². The largest absolute Gasteiger partial charge is 0.493 e. The van der Waals surface area contributed by atoms with Crippen LogP contribution in [-0.4, -0.2) is 15.0 Å². The lowest BCUT2D eigenvalue weighted by molar-refractivity contribution is 0.354. The summed E-state index contributed by atoms with van der Waals surface area (Å²) in [5.41, 5.74) is 3.44. The van der Waals surface area contributed by atoms with Gasteiger partial charge in [0.2, 0.25) is 10.0 Å². The van der Waals surface area contributed by atoms with E-state index in [9.17, 15) is 8.42 Å². The Morgan fingerprint density at radius 3 is 2.75 bits per heavy atom. The smallest absolute Gasteiger partial charge is 0.238 e. The van der Waals surface area contributed by atoms with E-state index in [1.165, 1.54) is 0 Å². The van der Waals surface area contributed by atoms with Gasteiger partial charge in [-0.1, -0.05) is 24.6 Å². The Morgan fingerprint density at radius 1 is 1.25 bits per heavy atom. The van der Waals surface area contributed by atoms with E-state index in [0.29, 0.717) is 35.8 Å². The highest BCUT2D eigenvalue weighted by atomic mass is 35.5. The van der Waals surface area contributed by atoms with Crippen molar-refractivity contribution in [2.75, 3.05) is 11.9 Å². The quantitative estimate of drug-likeness (QED) is 0.851. The lowest BCUT2D eigenvalue weighted by atomic mass is 10.1. The fourth-order valence-electron chi connectivity index (χ4n) is 2.90. The second-order valence-corrected chi connectivity index (χ2v) is 7.69. The van der Waals surface area contributed by atoms with Crippen molar-refractivity contribution in [3.05, 3.63) is 52.0 Å². The number of aryl methyl sites for hydroxylation is 1. The highest BCUT2D eigenvalue weighted by molar-refractivity contribution is 7.89. The molecule has 0 radical (unpaired) electrons. The molecule has 0 saturated heterocycles. The van der Waals surface area contributed by atoms with Crippen LogP contribution in [0.4, 0.5) is 5.69 Å². The van der Waals surface area contributed by atoms with Gasteiger partial charge in [-0.3, -0.25) is 0 Å². The lowest BCUT2D eigenvalue weighted by Crippen LogP contribution is -2.15. The maximum atomic E-state index is 11.7. The minimum Gasteiger partial charge on any atom is -0.493 e. The number of nitrogens with two attached hydrogens (primary N) is 1. The summed E-state index contributed by atoms with van der Waals surface area (Å²) in [7, 11) is -3.75. The van der Waals surface area contributed by atoms with Gasteiger partial charge in [-0.05, 0) is 41.8 Å². The first-order valence-corrected chi connectivity index (χ1v) is 9.64. The van der Waals surface area contributed by atoms with Crippen molar-refractivity contribution in [3.63, 3.8) is 0 Å². The molecule has 0 bridgehead atoms. The van der Waals surface area contributed by atoms with E-state index in [0.717, 1.165) is 23.3 Å². The maximum Gasteiger partial charge on any atom is 0.238 e. The van der Waals surface area contributed by atoms with Crippen LogP contribution in [0.5, 0.6) is 5.75 Å². The first-order valence-electron chi connectivity index (χ1n) is 7.72. The Balaban J connectivity index is 1.86. The molecule has 24 heavy (non-hydrogen) atoms. The van der Waals surface area contributed by atoms with Crippen LogP contribution in [0, 0.1) is 0 Å². The fourth-order valence-corrected chi connectivity index (χ4v) is 4.03. The van der Waals surface area contributed by atoms with Gasteiger partial charge in [0, 0.05) is 29.2 Å². The summed E-state index contributed by atoms with van der Waals surface area (Å²) >= 11 is 6.16.